The molecule has 1 amide bonds. The molecule has 25 heavy (non-hydrogen) atoms. The predicted molar refractivity (Wildman–Crippen MR) is 96.8 cm³/mol. The van der Waals surface area contributed by atoms with Crippen LogP contribution in [0.3, 0.4) is 0 Å². The van der Waals surface area contributed by atoms with E-state index in [1.807, 2.05) is 6.07 Å². The summed E-state index contributed by atoms with van der Waals surface area (Å²) in [7, 11) is 1.61. The maximum Gasteiger partial charge on any atom is 0.251 e. The lowest BCUT2D eigenvalue weighted by molar-refractivity contribution is -0.0292. The molecule has 1 N–H and O–H groups in total. The smallest absolute Gasteiger partial charge is 0.251 e. The largest absolute Gasteiger partial charge is 0.497 e. The molecule has 0 aliphatic carbocycles. The molecule has 1 saturated heterocycles. The molecule has 1 aliphatic heterocycles. The van der Waals surface area contributed by atoms with Gasteiger partial charge in [0.2, 0.25) is 0 Å². The average Bonchev–Trinajstić information content (AvgIpc) is 2.67. The molecule has 1 aliphatic rings. The van der Waals surface area contributed by atoms with Gasteiger partial charge in [-0.1, -0.05) is 30.3 Å². The van der Waals surface area contributed by atoms with Crippen LogP contribution in [0, 0.1) is 0 Å². The Kier molecular flexibility index (Phi) is 6.04. The van der Waals surface area contributed by atoms with E-state index in [2.05, 4.69) is 34.5 Å². The van der Waals surface area contributed by atoms with Gasteiger partial charge in [0.1, 0.15) is 5.75 Å². The number of morpholine rings is 1. The lowest BCUT2D eigenvalue weighted by atomic mass is 10.1. The minimum Gasteiger partial charge on any atom is -0.497 e. The van der Waals surface area contributed by atoms with Crippen molar-refractivity contribution >= 4 is 5.91 Å². The van der Waals surface area contributed by atoms with Gasteiger partial charge in [0.05, 0.1) is 19.8 Å². The molecule has 5 nitrogen and oxygen atoms in total. The number of amides is 1. The summed E-state index contributed by atoms with van der Waals surface area (Å²) >= 11 is 0. The van der Waals surface area contributed by atoms with Crippen LogP contribution < -0.4 is 10.1 Å². The Labute approximate surface area is 148 Å². The quantitative estimate of drug-likeness (QED) is 0.877. The highest BCUT2D eigenvalue weighted by molar-refractivity contribution is 5.94. The van der Waals surface area contributed by atoms with E-state index in [0.29, 0.717) is 18.7 Å². The zero-order valence-corrected chi connectivity index (χ0v) is 14.5. The topological polar surface area (TPSA) is 50.8 Å². The molecule has 1 atom stereocenters. The van der Waals surface area contributed by atoms with Crippen LogP contribution in [0.5, 0.6) is 5.75 Å². The van der Waals surface area contributed by atoms with Crippen molar-refractivity contribution < 1.29 is 14.3 Å². The van der Waals surface area contributed by atoms with Crippen LogP contribution in [0.2, 0.25) is 0 Å². The second kappa shape index (κ2) is 8.65. The average molecular weight is 340 g/mol. The lowest BCUT2D eigenvalue weighted by Gasteiger charge is -2.33. The summed E-state index contributed by atoms with van der Waals surface area (Å²) < 4.78 is 10.9. The molecule has 2 aromatic rings. The number of ether oxygens (including phenoxy) is 2. The third-order valence-electron chi connectivity index (χ3n) is 4.31. The Hall–Kier alpha value is -2.37. The van der Waals surface area contributed by atoms with Crippen LogP contribution in [-0.2, 0) is 11.3 Å². The van der Waals surface area contributed by atoms with Crippen molar-refractivity contribution in [2.24, 2.45) is 0 Å². The number of rotatable bonds is 6. The molecule has 2 aromatic carbocycles. The highest BCUT2D eigenvalue weighted by Gasteiger charge is 2.21. The summed E-state index contributed by atoms with van der Waals surface area (Å²) in [6, 6.07) is 17.5. The van der Waals surface area contributed by atoms with Gasteiger partial charge in [0.15, 0.2) is 0 Å². The Bertz CT molecular complexity index is 673. The van der Waals surface area contributed by atoms with Crippen LogP contribution >= 0.6 is 0 Å². The van der Waals surface area contributed by atoms with Crippen molar-refractivity contribution in [3.63, 3.8) is 0 Å². The zero-order chi connectivity index (χ0) is 17.5. The maximum absolute atomic E-state index is 12.2. The molecule has 0 radical (unpaired) electrons. The lowest BCUT2D eigenvalue weighted by Crippen LogP contribution is -2.47. The molecule has 0 saturated carbocycles. The van der Waals surface area contributed by atoms with Crippen LogP contribution in [0.1, 0.15) is 15.9 Å². The summed E-state index contributed by atoms with van der Waals surface area (Å²) in [5, 5.41) is 2.96. The number of benzene rings is 2. The van der Waals surface area contributed by atoms with Crippen molar-refractivity contribution in [2.75, 3.05) is 33.4 Å². The molecule has 1 heterocycles. The molecular weight excluding hydrogens is 316 g/mol. The van der Waals surface area contributed by atoms with Crippen LogP contribution in [-0.4, -0.2) is 50.3 Å². The fourth-order valence-electron chi connectivity index (χ4n) is 2.94. The Morgan fingerprint density at radius 3 is 2.68 bits per heavy atom. The molecule has 3 rings (SSSR count). The summed E-state index contributed by atoms with van der Waals surface area (Å²) in [6.07, 6.45) is 0.0136. The number of nitrogens with zero attached hydrogens (tertiary/aromatic N) is 1. The SMILES string of the molecule is COc1ccc(C(=O)NCC2CN(Cc3ccccc3)CCO2)cc1. The van der Waals surface area contributed by atoms with Crippen LogP contribution in [0.25, 0.3) is 0 Å². The second-order valence-corrected chi connectivity index (χ2v) is 6.15. The van der Waals surface area contributed by atoms with Gasteiger partial charge < -0.3 is 14.8 Å². The number of methoxy groups -OCH3 is 1. The molecule has 0 aromatic heterocycles. The summed E-state index contributed by atoms with van der Waals surface area (Å²) in [5.41, 5.74) is 1.92. The molecule has 1 unspecified atom stereocenters. The predicted octanol–water partition coefficient (Wildman–Crippen LogP) is 2.33. The van der Waals surface area contributed by atoms with E-state index in [1.54, 1.807) is 31.4 Å². The molecule has 0 bridgehead atoms. The maximum atomic E-state index is 12.2. The van der Waals surface area contributed by atoms with Gasteiger partial charge in [0, 0.05) is 31.7 Å². The third-order valence-corrected chi connectivity index (χ3v) is 4.31. The van der Waals surface area contributed by atoms with Gasteiger partial charge in [-0.2, -0.15) is 0 Å². The van der Waals surface area contributed by atoms with Crippen molar-refractivity contribution in [1.82, 2.24) is 10.2 Å². The minimum atomic E-state index is -0.0913. The van der Waals surface area contributed by atoms with Crippen LogP contribution in [0.4, 0.5) is 0 Å². The van der Waals surface area contributed by atoms with E-state index in [4.69, 9.17) is 9.47 Å². The van der Waals surface area contributed by atoms with E-state index < -0.39 is 0 Å². The van der Waals surface area contributed by atoms with Gasteiger partial charge in [0.25, 0.3) is 5.91 Å². The van der Waals surface area contributed by atoms with Gasteiger partial charge in [-0.15, -0.1) is 0 Å². The Balaban J connectivity index is 1.48. The van der Waals surface area contributed by atoms with Crippen molar-refractivity contribution in [3.8, 4) is 5.75 Å². The zero-order valence-electron chi connectivity index (χ0n) is 14.5. The first-order valence-electron chi connectivity index (χ1n) is 8.55. The van der Waals surface area contributed by atoms with Gasteiger partial charge in [-0.25, -0.2) is 0 Å². The van der Waals surface area contributed by atoms with E-state index in [9.17, 15) is 4.79 Å². The fraction of sp³-hybridized carbons (Fsp3) is 0.350. The molecule has 0 spiro atoms. The highest BCUT2D eigenvalue weighted by atomic mass is 16.5. The minimum absolute atomic E-state index is 0.0136. The highest BCUT2D eigenvalue weighted by Crippen LogP contribution is 2.12. The molecule has 5 heteroatoms. The normalized spacial score (nSPS) is 17.9. The standard InChI is InChI=1S/C20H24N2O3/c1-24-18-9-7-17(8-10-18)20(23)21-13-19-15-22(11-12-25-19)14-16-5-3-2-4-6-16/h2-10,19H,11-15H2,1H3,(H,21,23). The van der Waals surface area contributed by atoms with Gasteiger partial charge in [-0.05, 0) is 29.8 Å². The number of carbonyl (C=O) groups excluding carboxylic acids is 1. The van der Waals surface area contributed by atoms with E-state index >= 15 is 0 Å². The number of nitrogens with one attached hydrogen (secondary N) is 1. The first kappa shape index (κ1) is 17.5. The Morgan fingerprint density at radius 2 is 1.96 bits per heavy atom. The first-order chi connectivity index (χ1) is 12.2. The fourth-order valence-corrected chi connectivity index (χ4v) is 2.94. The number of carbonyl (C=O) groups is 1. The first-order valence-corrected chi connectivity index (χ1v) is 8.55. The summed E-state index contributed by atoms with van der Waals surface area (Å²) in [5.74, 6) is 0.648. The summed E-state index contributed by atoms with van der Waals surface area (Å²) in [4.78, 5) is 14.6. The van der Waals surface area contributed by atoms with Crippen molar-refractivity contribution in [1.29, 1.82) is 0 Å². The Morgan fingerprint density at radius 1 is 1.20 bits per heavy atom. The molecule has 132 valence electrons. The number of hydrogen-bond acceptors (Lipinski definition) is 4. The monoisotopic (exact) mass is 340 g/mol. The van der Waals surface area contributed by atoms with Crippen molar-refractivity contribution in [2.45, 2.75) is 12.6 Å². The van der Waals surface area contributed by atoms with E-state index in [0.717, 1.165) is 25.4 Å². The van der Waals surface area contributed by atoms with Crippen LogP contribution in [0.15, 0.2) is 54.6 Å². The van der Waals surface area contributed by atoms with E-state index in [1.165, 1.54) is 5.56 Å². The van der Waals surface area contributed by atoms with Crippen molar-refractivity contribution in [3.05, 3.63) is 65.7 Å². The third kappa shape index (κ3) is 5.05. The number of hydrogen-bond donors (Lipinski definition) is 1. The molecule has 1 fully saturated rings. The van der Waals surface area contributed by atoms with Gasteiger partial charge in [-0.3, -0.25) is 9.69 Å². The molecular formula is C20H24N2O3. The summed E-state index contributed by atoms with van der Waals surface area (Å²) in [6.45, 7) is 3.84. The second-order valence-electron chi connectivity index (χ2n) is 6.15. The van der Waals surface area contributed by atoms with Gasteiger partial charge >= 0.3 is 0 Å². The van der Waals surface area contributed by atoms with E-state index in [-0.39, 0.29) is 12.0 Å².